The lowest BCUT2D eigenvalue weighted by Crippen LogP contribution is -2.30. The predicted molar refractivity (Wildman–Crippen MR) is 275 cm³/mol. The van der Waals surface area contributed by atoms with E-state index in [1.807, 2.05) is 12.1 Å². The van der Waals surface area contributed by atoms with Gasteiger partial charge in [0, 0.05) is 65.7 Å². The van der Waals surface area contributed by atoms with Gasteiger partial charge in [-0.1, -0.05) is 151 Å². The van der Waals surface area contributed by atoms with Crippen LogP contribution in [-0.4, -0.2) is 6.00 Å². The van der Waals surface area contributed by atoms with Crippen LogP contribution in [0.5, 0.6) is 0 Å². The second kappa shape index (κ2) is 12.6. The van der Waals surface area contributed by atoms with Crippen molar-refractivity contribution in [1.29, 1.82) is 0 Å². The number of hydrogen-bond acceptors (Lipinski definition) is 1. The highest BCUT2D eigenvalue weighted by molar-refractivity contribution is 7.79. The summed E-state index contributed by atoms with van der Waals surface area (Å²) in [4.78, 5) is 0. The molecule has 0 nitrogen and oxygen atoms in total. The van der Waals surface area contributed by atoms with Gasteiger partial charge in [-0.15, -0.1) is 33.2 Å². The molecular weight excluding hydrogens is 1110 g/mol. The van der Waals surface area contributed by atoms with Crippen molar-refractivity contribution in [2.75, 3.05) is 0 Å². The Morgan fingerprint density at radius 3 is 1.38 bits per heavy atom. The Morgan fingerprint density at radius 2 is 0.833 bits per heavy atom. The minimum Gasteiger partial charge on any atom is -0.175 e. The first-order valence-electron chi connectivity index (χ1n) is 17.8. The number of thiol groups is 1. The van der Waals surface area contributed by atoms with E-state index in [0.717, 1.165) is 76.1 Å². The number of allylic oxidation sites excluding steroid dienone is 4. The molecule has 0 aliphatic heterocycles. The molecule has 0 N–H and O–H groups in total. The Bertz CT molecular complexity index is 3940. The van der Waals surface area contributed by atoms with E-state index >= 15 is 0 Å². The molecule has 3 aliphatic carbocycles. The van der Waals surface area contributed by atoms with E-state index in [-0.39, 0.29) is 50.2 Å². The van der Waals surface area contributed by atoms with Crippen LogP contribution in [0.2, 0.25) is 45.2 Å². The zero-order chi connectivity index (χ0) is 42.0. The second-order valence-electron chi connectivity index (χ2n) is 15.5. The third-order valence-corrected chi connectivity index (χ3v) is 21.8. The molecule has 13 rings (SSSR count). The summed E-state index contributed by atoms with van der Waals surface area (Å²) in [6, 6.07) is 4.28. The highest BCUT2D eigenvalue weighted by Crippen LogP contribution is 2.71. The van der Waals surface area contributed by atoms with Crippen LogP contribution in [0.4, 0.5) is 0 Å². The highest BCUT2D eigenvalue weighted by Gasteiger charge is 2.50. The monoisotopic (exact) mass is 1110 g/mol. The van der Waals surface area contributed by atoms with E-state index in [1.54, 1.807) is 0 Å². The quantitative estimate of drug-likeness (QED) is 0.0438. The standard InChI is InChI=1S/C43H9Cl15SSi/c44-32-14-8-1-6(5-59)2-9-12(8)18-24-20(14)28(36(48)40(32)52)30-22-16(34(46)42(54)38(30)50)10-3-7(60(56,57)58)4-11-13(10)19(26(22)24)27-23-17(11)35(47)43(55)39(51)31(23)29-21(25(18)27)15(9)33(45)41(53)37(29)49/h1-4,20,28,59H,5H2. The SMILES string of the molecule is SCc1cc2c3c(c1)c1c(Cl)c(Cl)c(Cl)c4c5c(Cl)c(Cl)c(Cl)c6c7cc([Si](Cl)(Cl)Cl)cc8c9c(Cl)c(Cl)c(Cl)c%10c9c9c(c3c(c14)c(c65)c9c87)C1C2=C(Cl)C(Cl)=C(Cl)C%101. The summed E-state index contributed by atoms with van der Waals surface area (Å²) in [7, 11) is 0. The average Bonchev–Trinajstić information content (AvgIpc) is 3.22. The van der Waals surface area contributed by atoms with Crippen LogP contribution in [0.1, 0.15) is 34.1 Å². The van der Waals surface area contributed by atoms with E-state index in [2.05, 4.69) is 12.1 Å². The summed E-state index contributed by atoms with van der Waals surface area (Å²) in [5.74, 6) is -0.775. The average molecular weight is 1120 g/mol. The van der Waals surface area contributed by atoms with Crippen LogP contribution in [0.3, 0.4) is 0 Å². The molecule has 296 valence electrons. The fourth-order valence-electron chi connectivity index (χ4n) is 11.3. The van der Waals surface area contributed by atoms with E-state index in [1.165, 1.54) is 0 Å². The molecule has 0 spiro atoms. The number of benzene rings is 10. The maximum atomic E-state index is 7.48. The predicted octanol–water partition coefficient (Wildman–Crippen LogP) is 20.4. The van der Waals surface area contributed by atoms with Crippen molar-refractivity contribution < 1.29 is 0 Å². The van der Waals surface area contributed by atoms with Gasteiger partial charge in [0.25, 0.3) is 0 Å². The molecular formula is C43H9Cl15SSi. The van der Waals surface area contributed by atoms with Crippen molar-refractivity contribution in [2.24, 2.45) is 0 Å². The molecule has 0 fully saturated rings. The van der Waals surface area contributed by atoms with Crippen LogP contribution < -0.4 is 5.19 Å². The first-order valence-corrected chi connectivity index (χ1v) is 28.0. The van der Waals surface area contributed by atoms with E-state index in [4.69, 9.17) is 185 Å². The number of halogens is 15. The van der Waals surface area contributed by atoms with Crippen LogP contribution in [0.25, 0.3) is 103 Å². The Labute approximate surface area is 418 Å². The molecule has 0 radical (unpaired) electrons. The van der Waals surface area contributed by atoms with Gasteiger partial charge in [-0.3, -0.25) is 0 Å². The maximum absolute atomic E-state index is 7.48. The molecule has 0 amide bonds. The molecule has 10 aromatic carbocycles. The fraction of sp³-hybridized carbons (Fsp3) is 0.0698. The molecule has 0 heterocycles. The van der Waals surface area contributed by atoms with Gasteiger partial charge < -0.3 is 0 Å². The molecule has 10 aromatic rings. The van der Waals surface area contributed by atoms with Gasteiger partial charge >= 0.3 is 6.00 Å². The van der Waals surface area contributed by atoms with Gasteiger partial charge in [0.1, 0.15) is 0 Å². The van der Waals surface area contributed by atoms with Crippen LogP contribution in [0, 0.1) is 0 Å². The minimum atomic E-state index is -3.66. The summed E-state index contributed by atoms with van der Waals surface area (Å²) in [6.45, 7) is 0. The first kappa shape index (κ1) is 40.0. The van der Waals surface area contributed by atoms with Crippen molar-refractivity contribution in [3.05, 3.63) is 107 Å². The maximum Gasteiger partial charge on any atom is 0.372 e. The Kier molecular flexibility index (Phi) is 8.39. The van der Waals surface area contributed by atoms with Crippen LogP contribution in [-0.2, 0) is 5.75 Å². The highest BCUT2D eigenvalue weighted by atomic mass is 35.8. The van der Waals surface area contributed by atoms with Gasteiger partial charge in [0.15, 0.2) is 0 Å². The molecule has 0 bridgehead atoms. The molecule has 3 aliphatic rings. The van der Waals surface area contributed by atoms with Crippen molar-refractivity contribution >= 4 is 299 Å². The van der Waals surface area contributed by atoms with Crippen LogP contribution in [0.15, 0.2) is 39.4 Å². The largest absolute Gasteiger partial charge is 0.372 e. The van der Waals surface area contributed by atoms with E-state index in [9.17, 15) is 0 Å². The van der Waals surface area contributed by atoms with Crippen molar-refractivity contribution in [2.45, 2.75) is 17.6 Å². The van der Waals surface area contributed by atoms with E-state index in [0.29, 0.717) is 69.7 Å². The summed E-state index contributed by atoms with van der Waals surface area (Å²) in [5, 5.41) is 16.2. The lowest BCUT2D eigenvalue weighted by molar-refractivity contribution is 0.738. The fourth-order valence-corrected chi connectivity index (χ4v) is 16.4. The molecule has 2 unspecified atom stereocenters. The molecule has 0 saturated carbocycles. The van der Waals surface area contributed by atoms with Gasteiger partial charge in [-0.25, -0.2) is 0 Å². The normalized spacial score (nSPS) is 17.9. The topological polar surface area (TPSA) is 0 Å². The number of fused-ring (bicyclic) bond motifs is 6. The van der Waals surface area contributed by atoms with Gasteiger partial charge in [-0.05, 0) is 99.0 Å². The lowest BCUT2D eigenvalue weighted by atomic mass is 9.60. The summed E-state index contributed by atoms with van der Waals surface area (Å²) < 4.78 is 0. The summed E-state index contributed by atoms with van der Waals surface area (Å²) in [5.41, 5.74) is 4.10. The van der Waals surface area contributed by atoms with Crippen molar-refractivity contribution in [1.82, 2.24) is 0 Å². The zero-order valence-electron chi connectivity index (χ0n) is 28.8. The number of rotatable bonds is 2. The smallest absolute Gasteiger partial charge is 0.175 e. The second-order valence-corrected chi connectivity index (χ2v) is 28.8. The lowest BCUT2D eigenvalue weighted by Gasteiger charge is -2.44. The number of hydrogen-bond donors (Lipinski definition) is 1. The molecule has 60 heavy (non-hydrogen) atoms. The van der Waals surface area contributed by atoms with Crippen molar-refractivity contribution in [3.63, 3.8) is 0 Å². The first-order chi connectivity index (χ1) is 28.4. The van der Waals surface area contributed by atoms with Gasteiger partial charge in [0.2, 0.25) is 0 Å². The molecule has 2 atom stereocenters. The Hall–Kier alpha value is -0.283. The molecule has 0 saturated heterocycles. The minimum absolute atomic E-state index is 0.106. The van der Waals surface area contributed by atoms with E-state index < -0.39 is 17.8 Å². The van der Waals surface area contributed by atoms with Gasteiger partial charge in [0.05, 0.1) is 55.3 Å². The Balaban J connectivity index is 1.56. The van der Waals surface area contributed by atoms with Crippen molar-refractivity contribution in [3.8, 4) is 0 Å². The summed E-state index contributed by atoms with van der Waals surface area (Å²) in [6.07, 6.45) is 0. The van der Waals surface area contributed by atoms with Gasteiger partial charge in [-0.2, -0.15) is 12.6 Å². The van der Waals surface area contributed by atoms with Crippen LogP contribution >= 0.6 is 185 Å². The third-order valence-electron chi connectivity index (χ3n) is 13.2. The third kappa shape index (κ3) is 4.30. The Morgan fingerprint density at radius 1 is 0.400 bits per heavy atom. The molecule has 0 aromatic heterocycles. The molecule has 17 heteroatoms. The summed E-state index contributed by atoms with van der Waals surface area (Å²) >= 11 is 114. The zero-order valence-corrected chi connectivity index (χ0v) is 42.0.